The Bertz CT molecular complexity index is 812. The van der Waals surface area contributed by atoms with Gasteiger partial charge in [-0.1, -0.05) is 12.8 Å². The molecule has 1 aliphatic carbocycles. The molecule has 0 bridgehead atoms. The second-order valence-electron chi connectivity index (χ2n) is 7.25. The predicted molar refractivity (Wildman–Crippen MR) is 90.5 cm³/mol. The van der Waals surface area contributed by atoms with Gasteiger partial charge in [-0.3, -0.25) is 14.1 Å². The van der Waals surface area contributed by atoms with E-state index in [1.54, 1.807) is 6.20 Å². The summed E-state index contributed by atoms with van der Waals surface area (Å²) in [6.07, 6.45) is 7.78. The molecule has 0 N–H and O–H groups in total. The highest BCUT2D eigenvalue weighted by atomic mass is 19.1. The predicted octanol–water partition coefficient (Wildman–Crippen LogP) is 1.89. The van der Waals surface area contributed by atoms with Crippen LogP contribution in [0, 0.1) is 5.82 Å². The lowest BCUT2D eigenvalue weighted by molar-refractivity contribution is 0.00429. The highest BCUT2D eigenvalue weighted by Gasteiger charge is 2.42. The average Bonchev–Trinajstić information content (AvgIpc) is 3.02. The smallest absolute Gasteiger partial charge is 0.262 e. The summed E-state index contributed by atoms with van der Waals surface area (Å²) in [5.74, 6) is -0.421. The molecule has 0 aromatic carbocycles. The lowest BCUT2D eigenvalue weighted by Crippen LogP contribution is -2.59. The van der Waals surface area contributed by atoms with E-state index in [2.05, 4.69) is 21.8 Å². The van der Waals surface area contributed by atoms with E-state index in [0.29, 0.717) is 17.8 Å². The molecule has 1 saturated carbocycles. The maximum Gasteiger partial charge on any atom is 0.262 e. The molecule has 2 aromatic rings. The van der Waals surface area contributed by atoms with Crippen molar-refractivity contribution in [2.45, 2.75) is 37.8 Å². The normalized spacial score (nSPS) is 21.8. The molecule has 0 radical (unpaired) electrons. The molecule has 1 saturated heterocycles. The molecule has 5 nitrogen and oxygen atoms in total. The van der Waals surface area contributed by atoms with Gasteiger partial charge < -0.3 is 4.90 Å². The molecule has 2 aromatic heterocycles. The quantitative estimate of drug-likeness (QED) is 0.843. The molecule has 6 heteroatoms. The Morgan fingerprint density at radius 2 is 2.04 bits per heavy atom. The zero-order valence-electron chi connectivity index (χ0n) is 14.0. The van der Waals surface area contributed by atoms with Gasteiger partial charge in [-0.15, -0.1) is 0 Å². The third-order valence-electron chi connectivity index (χ3n) is 5.62. The molecule has 128 valence electrons. The summed E-state index contributed by atoms with van der Waals surface area (Å²) in [7, 11) is 2.17. The summed E-state index contributed by atoms with van der Waals surface area (Å²) >= 11 is 0. The molecular weight excluding hydrogens is 307 g/mol. The fourth-order valence-electron chi connectivity index (χ4n) is 4.37. The SMILES string of the molecule is CN1CCN(Cc2cnc3ccc(F)cn3c2=O)C2(CCCC2)C1. The molecule has 2 fully saturated rings. The van der Waals surface area contributed by atoms with Crippen LogP contribution in [0.15, 0.2) is 29.3 Å². The maximum absolute atomic E-state index is 13.5. The lowest BCUT2D eigenvalue weighted by atomic mass is 9.91. The van der Waals surface area contributed by atoms with Crippen LogP contribution in [0.2, 0.25) is 0 Å². The van der Waals surface area contributed by atoms with Crippen molar-refractivity contribution < 1.29 is 4.39 Å². The molecule has 0 unspecified atom stereocenters. The average molecular weight is 330 g/mol. The Morgan fingerprint density at radius 1 is 1.25 bits per heavy atom. The first-order valence-corrected chi connectivity index (χ1v) is 8.67. The van der Waals surface area contributed by atoms with E-state index in [0.717, 1.165) is 19.6 Å². The van der Waals surface area contributed by atoms with Crippen molar-refractivity contribution in [2.24, 2.45) is 0 Å². The Labute approximate surface area is 140 Å². The van der Waals surface area contributed by atoms with Crippen LogP contribution in [0.3, 0.4) is 0 Å². The summed E-state index contributed by atoms with van der Waals surface area (Å²) in [5.41, 5.74) is 1.15. The van der Waals surface area contributed by atoms with E-state index in [9.17, 15) is 9.18 Å². The van der Waals surface area contributed by atoms with Gasteiger partial charge in [0.2, 0.25) is 0 Å². The number of piperazine rings is 1. The number of hydrogen-bond donors (Lipinski definition) is 0. The first-order chi connectivity index (χ1) is 11.6. The van der Waals surface area contributed by atoms with Gasteiger partial charge in [0.1, 0.15) is 11.5 Å². The molecule has 0 atom stereocenters. The van der Waals surface area contributed by atoms with E-state index < -0.39 is 5.82 Å². The molecule has 0 amide bonds. The highest BCUT2D eigenvalue weighted by Crippen LogP contribution is 2.38. The van der Waals surface area contributed by atoms with Gasteiger partial charge >= 0.3 is 0 Å². The van der Waals surface area contributed by atoms with Crippen LogP contribution in [-0.4, -0.2) is 51.4 Å². The number of fused-ring (bicyclic) bond motifs is 1. The summed E-state index contributed by atoms with van der Waals surface area (Å²) < 4.78 is 14.8. The molecule has 2 aliphatic rings. The summed E-state index contributed by atoms with van der Waals surface area (Å²) in [4.78, 5) is 21.9. The molecule has 3 heterocycles. The van der Waals surface area contributed by atoms with E-state index >= 15 is 0 Å². The first-order valence-electron chi connectivity index (χ1n) is 8.67. The summed E-state index contributed by atoms with van der Waals surface area (Å²) in [5, 5.41) is 0. The number of rotatable bonds is 2. The van der Waals surface area contributed by atoms with Gasteiger partial charge in [0.15, 0.2) is 0 Å². The zero-order valence-corrected chi connectivity index (χ0v) is 14.0. The molecular formula is C18H23FN4O. The van der Waals surface area contributed by atoms with Crippen molar-refractivity contribution in [1.82, 2.24) is 19.2 Å². The van der Waals surface area contributed by atoms with Crippen LogP contribution in [0.5, 0.6) is 0 Å². The van der Waals surface area contributed by atoms with E-state index in [1.165, 1.54) is 48.4 Å². The van der Waals surface area contributed by atoms with Crippen LogP contribution in [0.1, 0.15) is 31.2 Å². The third kappa shape index (κ3) is 2.63. The minimum absolute atomic E-state index is 0.161. The van der Waals surface area contributed by atoms with Crippen LogP contribution in [0.25, 0.3) is 5.65 Å². The van der Waals surface area contributed by atoms with Crippen LogP contribution in [-0.2, 0) is 6.54 Å². The third-order valence-corrected chi connectivity index (χ3v) is 5.62. The van der Waals surface area contributed by atoms with Gasteiger partial charge in [0.25, 0.3) is 5.56 Å². The van der Waals surface area contributed by atoms with E-state index in [4.69, 9.17) is 0 Å². The summed E-state index contributed by atoms with van der Waals surface area (Å²) in [6, 6.07) is 2.87. The van der Waals surface area contributed by atoms with Crippen LogP contribution in [0.4, 0.5) is 4.39 Å². The maximum atomic E-state index is 13.5. The van der Waals surface area contributed by atoms with Crippen molar-refractivity contribution in [1.29, 1.82) is 0 Å². The largest absolute Gasteiger partial charge is 0.303 e. The second-order valence-corrected chi connectivity index (χ2v) is 7.25. The standard InChI is InChI=1S/C18H23FN4O/c1-21-8-9-22(18(13-21)6-2-3-7-18)11-14-10-20-16-5-4-15(19)12-23(16)17(14)24/h4-5,10,12H,2-3,6-9,11,13H2,1H3. The Kier molecular flexibility index (Phi) is 3.89. The molecule has 24 heavy (non-hydrogen) atoms. The van der Waals surface area contributed by atoms with Gasteiger partial charge in [0, 0.05) is 44.1 Å². The van der Waals surface area contributed by atoms with Crippen molar-refractivity contribution >= 4 is 5.65 Å². The van der Waals surface area contributed by atoms with Gasteiger partial charge in [0.05, 0.1) is 5.56 Å². The monoisotopic (exact) mass is 330 g/mol. The van der Waals surface area contributed by atoms with E-state index in [1.807, 2.05) is 0 Å². The number of pyridine rings is 1. The number of aromatic nitrogens is 2. The number of halogens is 1. The topological polar surface area (TPSA) is 40.9 Å². The number of likely N-dealkylation sites (N-methyl/N-ethyl adjacent to an activating group) is 1. The van der Waals surface area contributed by atoms with Gasteiger partial charge in [-0.05, 0) is 32.0 Å². The number of hydrogen-bond acceptors (Lipinski definition) is 4. The molecule has 4 rings (SSSR count). The zero-order chi connectivity index (χ0) is 16.7. The van der Waals surface area contributed by atoms with Crippen molar-refractivity contribution in [3.05, 3.63) is 46.3 Å². The van der Waals surface area contributed by atoms with Gasteiger partial charge in [-0.25, -0.2) is 9.37 Å². The Hall–Kier alpha value is -1.79. The second kappa shape index (κ2) is 5.93. The fourth-order valence-corrected chi connectivity index (χ4v) is 4.37. The van der Waals surface area contributed by atoms with Crippen molar-refractivity contribution in [2.75, 3.05) is 26.7 Å². The minimum atomic E-state index is -0.421. The molecule has 1 aliphatic heterocycles. The van der Waals surface area contributed by atoms with Crippen molar-refractivity contribution in [3.63, 3.8) is 0 Å². The van der Waals surface area contributed by atoms with Crippen molar-refractivity contribution in [3.8, 4) is 0 Å². The Morgan fingerprint density at radius 3 is 2.83 bits per heavy atom. The lowest BCUT2D eigenvalue weighted by Gasteiger charge is -2.48. The molecule has 1 spiro atoms. The van der Waals surface area contributed by atoms with Crippen LogP contribution < -0.4 is 5.56 Å². The highest BCUT2D eigenvalue weighted by molar-refractivity contribution is 5.38. The minimum Gasteiger partial charge on any atom is -0.303 e. The first kappa shape index (κ1) is 15.7. The van der Waals surface area contributed by atoms with E-state index in [-0.39, 0.29) is 11.1 Å². The van der Waals surface area contributed by atoms with Crippen LogP contribution >= 0.6 is 0 Å². The summed E-state index contributed by atoms with van der Waals surface area (Å²) in [6.45, 7) is 3.63. The number of nitrogens with zero attached hydrogens (tertiary/aromatic N) is 4. The Balaban J connectivity index is 1.68. The fraction of sp³-hybridized carbons (Fsp3) is 0.556. The van der Waals surface area contributed by atoms with Gasteiger partial charge in [-0.2, -0.15) is 0 Å².